The Balaban J connectivity index is 1.63. The molecular formula is C18H20Br2N2O4. The van der Waals surface area contributed by atoms with Crippen LogP contribution in [-0.2, 0) is 45.4 Å². The van der Waals surface area contributed by atoms with Gasteiger partial charge in [0.05, 0.1) is 75.6 Å². The van der Waals surface area contributed by atoms with Gasteiger partial charge < -0.3 is 18.9 Å². The van der Waals surface area contributed by atoms with E-state index in [9.17, 15) is 0 Å². The minimum atomic E-state index is 0.429. The van der Waals surface area contributed by atoms with E-state index in [0.29, 0.717) is 52.9 Å². The van der Waals surface area contributed by atoms with Crippen LogP contribution in [-0.4, -0.2) is 36.4 Å². The highest BCUT2D eigenvalue weighted by atomic mass is 79.9. The molecular weight excluding hydrogens is 468 g/mol. The molecule has 0 fully saturated rings. The average Bonchev–Trinajstić information content (AvgIpc) is 2.59. The molecule has 2 aromatic heterocycles. The summed E-state index contributed by atoms with van der Waals surface area (Å²) < 4.78 is 24.5. The van der Waals surface area contributed by atoms with Gasteiger partial charge in [0.15, 0.2) is 0 Å². The van der Waals surface area contributed by atoms with Gasteiger partial charge in [-0.1, -0.05) is 31.9 Å². The van der Waals surface area contributed by atoms with Crippen LogP contribution >= 0.6 is 31.9 Å². The summed E-state index contributed by atoms with van der Waals surface area (Å²) >= 11 is 7.00. The van der Waals surface area contributed by atoms with Crippen molar-refractivity contribution in [2.75, 3.05) is 26.4 Å². The molecule has 3 heterocycles. The summed E-state index contributed by atoms with van der Waals surface area (Å²) in [6.45, 7) is 3.68. The van der Waals surface area contributed by atoms with Crippen LogP contribution in [0.4, 0.5) is 0 Å². The minimum absolute atomic E-state index is 0.429. The molecule has 4 bridgehead atoms. The van der Waals surface area contributed by atoms with Crippen LogP contribution in [0, 0.1) is 0 Å². The van der Waals surface area contributed by atoms with Gasteiger partial charge in [-0.2, -0.15) is 0 Å². The molecule has 140 valence electrons. The highest BCUT2D eigenvalue weighted by Gasteiger charge is 2.06. The van der Waals surface area contributed by atoms with Crippen molar-refractivity contribution in [3.8, 4) is 0 Å². The second kappa shape index (κ2) is 10.4. The highest BCUT2D eigenvalue weighted by molar-refractivity contribution is 9.10. The van der Waals surface area contributed by atoms with E-state index in [-0.39, 0.29) is 0 Å². The number of fused-ring (bicyclic) bond motifs is 4. The van der Waals surface area contributed by atoms with Crippen molar-refractivity contribution in [2.24, 2.45) is 0 Å². The predicted molar refractivity (Wildman–Crippen MR) is 102 cm³/mol. The number of hydrogen-bond acceptors (Lipinski definition) is 6. The molecule has 0 saturated heterocycles. The van der Waals surface area contributed by atoms with Gasteiger partial charge in [0.25, 0.3) is 0 Å². The first-order valence-electron chi connectivity index (χ1n) is 8.31. The molecule has 0 N–H and O–H groups in total. The van der Waals surface area contributed by atoms with Gasteiger partial charge in [0.1, 0.15) is 0 Å². The highest BCUT2D eigenvalue weighted by Crippen LogP contribution is 2.16. The van der Waals surface area contributed by atoms with Crippen molar-refractivity contribution < 1.29 is 18.9 Å². The largest absolute Gasteiger partial charge is 0.373 e. The Morgan fingerprint density at radius 1 is 0.538 bits per heavy atom. The molecule has 0 spiro atoms. The molecule has 0 saturated carbocycles. The number of ether oxygens (including phenoxy) is 4. The zero-order chi connectivity index (χ0) is 18.2. The number of halogens is 2. The van der Waals surface area contributed by atoms with E-state index in [1.54, 1.807) is 0 Å². The fraction of sp³-hybridized carbons (Fsp3) is 0.444. The van der Waals surface area contributed by atoms with Gasteiger partial charge in [0.2, 0.25) is 0 Å². The lowest BCUT2D eigenvalue weighted by molar-refractivity contribution is 0.0266. The second-order valence-corrected chi connectivity index (χ2v) is 7.58. The Labute approximate surface area is 169 Å². The molecule has 0 radical (unpaired) electrons. The summed E-state index contributed by atoms with van der Waals surface area (Å²) in [5, 5.41) is 0. The van der Waals surface area contributed by atoms with Gasteiger partial charge in [-0.3, -0.25) is 9.97 Å². The second-order valence-electron chi connectivity index (χ2n) is 5.75. The molecule has 2 aromatic rings. The fourth-order valence-electron chi connectivity index (χ4n) is 2.46. The smallest absolute Gasteiger partial charge is 0.0889 e. The fourth-order valence-corrected chi connectivity index (χ4v) is 3.51. The molecule has 8 heteroatoms. The third-order valence-corrected chi connectivity index (χ3v) is 4.45. The van der Waals surface area contributed by atoms with Gasteiger partial charge in [-0.25, -0.2) is 0 Å². The zero-order valence-electron chi connectivity index (χ0n) is 14.2. The lowest BCUT2D eigenvalue weighted by Crippen LogP contribution is -2.10. The molecule has 3 rings (SSSR count). The molecule has 0 amide bonds. The van der Waals surface area contributed by atoms with Crippen LogP contribution in [0.1, 0.15) is 22.8 Å². The first kappa shape index (κ1) is 19.9. The Morgan fingerprint density at radius 3 is 1.08 bits per heavy atom. The third kappa shape index (κ3) is 6.68. The minimum Gasteiger partial charge on any atom is -0.373 e. The molecule has 1 aliphatic rings. The van der Waals surface area contributed by atoms with Crippen LogP contribution in [0.3, 0.4) is 0 Å². The summed E-state index contributed by atoms with van der Waals surface area (Å²) in [5.74, 6) is 0. The average molecular weight is 488 g/mol. The van der Waals surface area contributed by atoms with E-state index in [4.69, 9.17) is 18.9 Å². The molecule has 6 nitrogen and oxygen atoms in total. The normalized spacial score (nSPS) is 17.3. The van der Waals surface area contributed by atoms with Gasteiger partial charge >= 0.3 is 0 Å². The lowest BCUT2D eigenvalue weighted by atomic mass is 10.3. The Hall–Kier alpha value is -0.900. The van der Waals surface area contributed by atoms with E-state index in [2.05, 4.69) is 41.8 Å². The van der Waals surface area contributed by atoms with E-state index >= 15 is 0 Å². The van der Waals surface area contributed by atoms with Crippen molar-refractivity contribution in [3.63, 3.8) is 0 Å². The summed E-state index contributed by atoms with van der Waals surface area (Å²) in [6, 6.07) is 7.77. The van der Waals surface area contributed by atoms with E-state index in [1.807, 2.05) is 24.3 Å². The van der Waals surface area contributed by atoms with Crippen molar-refractivity contribution in [3.05, 3.63) is 56.0 Å². The SMILES string of the molecule is Brc1cc2nc(c1)COCCOCc1cc(Br)cc(n1)COCCOC2. The quantitative estimate of drug-likeness (QED) is 0.563. The van der Waals surface area contributed by atoms with Crippen molar-refractivity contribution in [1.82, 2.24) is 9.97 Å². The van der Waals surface area contributed by atoms with Crippen LogP contribution in [0.2, 0.25) is 0 Å². The summed E-state index contributed by atoms with van der Waals surface area (Å²) in [4.78, 5) is 9.10. The molecule has 1 aliphatic heterocycles. The molecule has 26 heavy (non-hydrogen) atoms. The molecule has 0 atom stereocenters. The number of nitrogens with zero attached hydrogens (tertiary/aromatic N) is 2. The van der Waals surface area contributed by atoms with Crippen LogP contribution in [0.25, 0.3) is 0 Å². The maximum atomic E-state index is 5.65. The maximum Gasteiger partial charge on any atom is 0.0889 e. The van der Waals surface area contributed by atoms with Gasteiger partial charge in [0, 0.05) is 8.95 Å². The maximum absolute atomic E-state index is 5.65. The third-order valence-electron chi connectivity index (χ3n) is 3.54. The van der Waals surface area contributed by atoms with E-state index < -0.39 is 0 Å². The zero-order valence-corrected chi connectivity index (χ0v) is 17.4. The van der Waals surface area contributed by atoms with Crippen LogP contribution in [0.5, 0.6) is 0 Å². The van der Waals surface area contributed by atoms with Gasteiger partial charge in [-0.05, 0) is 24.3 Å². The number of pyridine rings is 2. The molecule has 0 unspecified atom stereocenters. The van der Waals surface area contributed by atoms with Crippen LogP contribution in [0.15, 0.2) is 33.2 Å². The van der Waals surface area contributed by atoms with E-state index in [0.717, 1.165) is 31.7 Å². The Bertz CT molecular complexity index is 616. The predicted octanol–water partition coefficient (Wildman–Crippen LogP) is 3.78. The van der Waals surface area contributed by atoms with Crippen molar-refractivity contribution in [2.45, 2.75) is 26.4 Å². The summed E-state index contributed by atoms with van der Waals surface area (Å²) in [6.07, 6.45) is 0. The summed E-state index contributed by atoms with van der Waals surface area (Å²) in [7, 11) is 0. The first-order valence-corrected chi connectivity index (χ1v) is 9.89. The first-order chi connectivity index (χ1) is 12.7. The Morgan fingerprint density at radius 2 is 0.808 bits per heavy atom. The van der Waals surface area contributed by atoms with E-state index in [1.165, 1.54) is 0 Å². The summed E-state index contributed by atoms with van der Waals surface area (Å²) in [5.41, 5.74) is 3.42. The van der Waals surface area contributed by atoms with Crippen molar-refractivity contribution in [1.29, 1.82) is 0 Å². The monoisotopic (exact) mass is 486 g/mol. The molecule has 0 aromatic carbocycles. The van der Waals surface area contributed by atoms with Gasteiger partial charge in [-0.15, -0.1) is 0 Å². The lowest BCUT2D eigenvalue weighted by Gasteiger charge is -2.11. The molecule has 0 aliphatic carbocycles. The Kier molecular flexibility index (Phi) is 7.97. The van der Waals surface area contributed by atoms with Crippen LogP contribution < -0.4 is 0 Å². The van der Waals surface area contributed by atoms with Crippen molar-refractivity contribution >= 4 is 31.9 Å². The standard InChI is InChI=1S/C18H20Br2N2O4/c19-13-5-15-9-23-1-2-24-10-16-6-14(20)8-18(22-16)12-26-4-3-25-11-17(7-13)21-15/h5-8H,1-4,9-12H2. The number of aromatic nitrogens is 2. The number of hydrogen-bond donors (Lipinski definition) is 0. The topological polar surface area (TPSA) is 62.7 Å². The number of rotatable bonds is 0.